The van der Waals surface area contributed by atoms with E-state index in [0.29, 0.717) is 13.3 Å². The van der Waals surface area contributed by atoms with Gasteiger partial charge >= 0.3 is 0 Å². The van der Waals surface area contributed by atoms with Gasteiger partial charge in [0, 0.05) is 6.04 Å². The zero-order chi connectivity index (χ0) is 30.7. The second-order valence-corrected chi connectivity index (χ2v) is 14.3. The quantitative estimate of drug-likeness (QED) is 0.139. The average Bonchev–Trinajstić information content (AvgIpc) is 3.16. The van der Waals surface area contributed by atoms with Crippen molar-refractivity contribution in [1.29, 1.82) is 5.26 Å². The van der Waals surface area contributed by atoms with Crippen LogP contribution in [0.4, 0.5) is 0 Å². The monoisotopic (exact) mass is 569 g/mol. The smallest absolute Gasteiger partial charge is 0.241 e. The maximum absolute atomic E-state index is 14.4. The minimum atomic E-state index is -3.82. The van der Waals surface area contributed by atoms with Crippen molar-refractivity contribution >= 4 is 5.91 Å². The molecule has 40 heavy (non-hydrogen) atoms. The maximum Gasteiger partial charge on any atom is 0.241 e. The van der Waals surface area contributed by atoms with Gasteiger partial charge in [-0.25, -0.2) is 0 Å². The predicted molar refractivity (Wildman–Crippen MR) is 130 cm³/mol. The van der Waals surface area contributed by atoms with Crippen molar-refractivity contribution in [2.75, 3.05) is 0 Å². The highest BCUT2D eigenvalue weighted by Gasteiger charge is 3.18. The third-order valence-electron chi connectivity index (χ3n) is 13.7. The Bertz CT molecular complexity index is 1300. The first-order valence-corrected chi connectivity index (χ1v) is 13.5. The molecule has 15 atom stereocenters. The summed E-state index contributed by atoms with van der Waals surface area (Å²) < 4.78 is 0. The first kappa shape index (κ1) is 28.6. The molecule has 5 saturated carbocycles. The number of rotatable bonds is 2. The van der Waals surface area contributed by atoms with Crippen LogP contribution in [0.3, 0.4) is 0 Å². The molecule has 1 saturated heterocycles. The second-order valence-electron chi connectivity index (χ2n) is 14.3. The molecule has 6 rings (SSSR count). The fourth-order valence-corrected chi connectivity index (χ4v) is 12.0. The van der Waals surface area contributed by atoms with Crippen molar-refractivity contribution in [2.24, 2.45) is 28.4 Å². The van der Waals surface area contributed by atoms with E-state index >= 15 is 0 Å². The molecule has 12 N–H and O–H groups in total. The summed E-state index contributed by atoms with van der Waals surface area (Å²) in [5, 5.41) is 130. The molecule has 14 nitrogen and oxygen atoms in total. The second kappa shape index (κ2) is 6.39. The molecule has 0 aromatic heterocycles. The molecule has 1 heterocycles. The minimum Gasteiger partial charge on any atom is -0.388 e. The van der Waals surface area contributed by atoms with Crippen LogP contribution >= 0.6 is 0 Å². The number of hydrogen-bond donors (Lipinski definition) is 11. The molecular formula is C26H39N3O11. The van der Waals surface area contributed by atoms with Gasteiger partial charge in [-0.3, -0.25) is 4.79 Å². The third-order valence-corrected chi connectivity index (χ3v) is 13.7. The Morgan fingerprint density at radius 2 is 1.27 bits per heavy atom. The highest BCUT2D eigenvalue weighted by molar-refractivity contribution is 5.86. The average molecular weight is 570 g/mol. The van der Waals surface area contributed by atoms with E-state index in [-0.39, 0.29) is 11.8 Å². The number of carbonyl (C=O) groups is 1. The van der Waals surface area contributed by atoms with Gasteiger partial charge in [-0.15, -0.1) is 0 Å². The van der Waals surface area contributed by atoms with E-state index in [2.05, 4.69) is 0 Å². The Balaban J connectivity index is 1.72. The molecule has 0 aromatic carbocycles. The maximum atomic E-state index is 14.4. The third kappa shape index (κ3) is 1.70. The Morgan fingerprint density at radius 1 is 0.800 bits per heavy atom. The largest absolute Gasteiger partial charge is 0.388 e. The summed E-state index contributed by atoms with van der Waals surface area (Å²) >= 11 is 0. The van der Waals surface area contributed by atoms with E-state index in [0.717, 1.165) is 34.1 Å². The standard InChI is InChI=1S/C26H39N3O11/c1-10-7-11-8-12(9-27)29(13(10)11)15(30)14(28)21-17(3,31)16(2)22(35)23(36,18(21,4)32)20(6,34)24(37,19(21,5)33)25(22,38)26(16,39)40/h10-14,31-40H,7-8,28H2,1-6H3. The van der Waals surface area contributed by atoms with Crippen molar-refractivity contribution in [2.45, 2.75) is 123 Å². The summed E-state index contributed by atoms with van der Waals surface area (Å²) in [6, 6.07) is -1.71. The molecule has 1 amide bonds. The van der Waals surface area contributed by atoms with Crippen LogP contribution in [-0.2, 0) is 4.79 Å². The number of carbonyl (C=O) groups excluding carboxylic acids is 1. The summed E-state index contributed by atoms with van der Waals surface area (Å²) in [5.41, 5.74) is -27.2. The molecule has 0 radical (unpaired) electrons. The molecule has 14 heteroatoms. The summed E-state index contributed by atoms with van der Waals surface area (Å²) in [4.78, 5) is 15.6. The van der Waals surface area contributed by atoms with Crippen LogP contribution < -0.4 is 5.73 Å². The van der Waals surface area contributed by atoms with Crippen LogP contribution in [0.1, 0.15) is 54.4 Å². The lowest BCUT2D eigenvalue weighted by molar-refractivity contribution is -0.556. The van der Waals surface area contributed by atoms with Crippen LogP contribution in [0.2, 0.25) is 0 Å². The van der Waals surface area contributed by atoms with Gasteiger partial charge in [0.25, 0.3) is 0 Å². The molecule has 0 aromatic rings. The van der Waals surface area contributed by atoms with Crippen molar-refractivity contribution in [3.63, 3.8) is 0 Å². The number of nitrogens with zero attached hydrogens (tertiary/aromatic N) is 2. The lowest BCUT2D eigenvalue weighted by Gasteiger charge is -2.82. The zero-order valence-corrected chi connectivity index (χ0v) is 23.2. The normalized spacial score (nSPS) is 66.5. The molecule has 6 aliphatic rings. The van der Waals surface area contributed by atoms with Crippen molar-refractivity contribution in [1.82, 2.24) is 4.90 Å². The number of hydrogen-bond acceptors (Lipinski definition) is 13. The summed E-state index contributed by atoms with van der Waals surface area (Å²) in [5.74, 6) is -4.93. The molecule has 0 spiro atoms. The van der Waals surface area contributed by atoms with E-state index in [1.807, 2.05) is 13.0 Å². The lowest BCUT2D eigenvalue weighted by Crippen LogP contribution is -3.05. The molecule has 1 aliphatic heterocycles. The first-order valence-electron chi connectivity index (χ1n) is 13.5. The van der Waals surface area contributed by atoms with Gasteiger partial charge in [0.05, 0.1) is 28.5 Å². The summed E-state index contributed by atoms with van der Waals surface area (Å²) in [7, 11) is 0. The van der Waals surface area contributed by atoms with Crippen molar-refractivity contribution < 1.29 is 55.9 Å². The Hall–Kier alpha value is -1.48. The van der Waals surface area contributed by atoms with Crippen LogP contribution in [0.5, 0.6) is 0 Å². The van der Waals surface area contributed by atoms with E-state index in [1.165, 1.54) is 4.90 Å². The van der Waals surface area contributed by atoms with Gasteiger partial charge < -0.3 is 61.7 Å². The van der Waals surface area contributed by atoms with Gasteiger partial charge in [0.2, 0.25) is 11.7 Å². The number of likely N-dealkylation sites (tertiary alicyclic amines) is 1. The molecule has 5 aliphatic carbocycles. The highest BCUT2D eigenvalue weighted by atomic mass is 16.6. The van der Waals surface area contributed by atoms with Crippen LogP contribution in [-0.4, -0.2) is 131 Å². The summed E-state index contributed by atoms with van der Waals surface area (Å²) in [6.07, 6.45) is 1.04. The predicted octanol–water partition coefficient (Wildman–Crippen LogP) is -4.88. The van der Waals surface area contributed by atoms with Crippen LogP contribution in [0.25, 0.3) is 0 Å². The van der Waals surface area contributed by atoms with E-state index in [4.69, 9.17) is 5.73 Å². The van der Waals surface area contributed by atoms with Gasteiger partial charge in [0.15, 0.2) is 16.8 Å². The molecular weight excluding hydrogens is 530 g/mol. The SMILES string of the molecule is CC1CC2CC(C#N)N(C(=O)C(N)C34C(C)(O)C5(C)C(O)(O)C6(O)C(O)(C(C)(O)C(O)(C3(C)O)C56O)C4(C)O)C12. The molecule has 224 valence electrons. The minimum absolute atomic E-state index is 0.0449. The number of fused-ring (bicyclic) bond motifs is 4. The van der Waals surface area contributed by atoms with E-state index < -0.39 is 85.5 Å². The fraction of sp³-hybridized carbons (Fsp3) is 0.923. The lowest BCUT2D eigenvalue weighted by atomic mass is 9.26. The van der Waals surface area contributed by atoms with Gasteiger partial charge in [-0.2, -0.15) is 5.26 Å². The zero-order valence-electron chi connectivity index (χ0n) is 23.2. The number of aliphatic hydroxyl groups is 10. The van der Waals surface area contributed by atoms with Crippen molar-refractivity contribution in [3.8, 4) is 6.07 Å². The molecule has 3 bridgehead atoms. The number of amides is 1. The van der Waals surface area contributed by atoms with Crippen molar-refractivity contribution in [3.05, 3.63) is 0 Å². The van der Waals surface area contributed by atoms with Gasteiger partial charge in [0.1, 0.15) is 28.4 Å². The topological polar surface area (TPSA) is 272 Å². The van der Waals surface area contributed by atoms with Gasteiger partial charge in [-0.05, 0) is 59.3 Å². The van der Waals surface area contributed by atoms with E-state index in [9.17, 15) is 61.1 Å². The number of nitriles is 1. The first-order chi connectivity index (χ1) is 17.8. The van der Waals surface area contributed by atoms with Crippen LogP contribution in [0, 0.1) is 34.0 Å². The highest BCUT2D eigenvalue weighted by Crippen LogP contribution is 2.92. The van der Waals surface area contributed by atoms with Crippen LogP contribution in [0.15, 0.2) is 0 Å². The summed E-state index contributed by atoms with van der Waals surface area (Å²) in [6.45, 7) is 5.67. The Labute approximate surface area is 229 Å². The Morgan fingerprint density at radius 3 is 1.73 bits per heavy atom. The van der Waals surface area contributed by atoms with E-state index in [1.54, 1.807) is 0 Å². The fourth-order valence-electron chi connectivity index (χ4n) is 12.0. The molecule has 6 fully saturated rings. The van der Waals surface area contributed by atoms with Gasteiger partial charge in [-0.1, -0.05) is 6.92 Å². The number of nitrogens with two attached hydrogens (primary N) is 1. The Kier molecular flexibility index (Phi) is 4.57. The molecule has 15 unspecified atom stereocenters.